The van der Waals surface area contributed by atoms with E-state index in [-0.39, 0.29) is 0 Å². The molecule has 0 aliphatic carbocycles. The van der Waals surface area contributed by atoms with Crippen LogP contribution in [0.5, 0.6) is 0 Å². The zero-order chi connectivity index (χ0) is 14.7. The fourth-order valence-electron chi connectivity index (χ4n) is 2.58. The zero-order valence-corrected chi connectivity index (χ0v) is 13.4. The van der Waals surface area contributed by atoms with Gasteiger partial charge in [-0.1, -0.05) is 40.7 Å². The van der Waals surface area contributed by atoms with E-state index >= 15 is 0 Å². The molecule has 0 saturated heterocycles. The Morgan fingerprint density at radius 2 is 1.90 bits per heavy atom. The van der Waals surface area contributed by atoms with E-state index in [1.165, 1.54) is 16.5 Å². The van der Waals surface area contributed by atoms with E-state index in [0.717, 1.165) is 30.9 Å². The first kappa shape index (κ1) is 15.1. The monoisotopic (exact) mass is 273 g/mol. The van der Waals surface area contributed by atoms with Crippen LogP contribution in [0.1, 0.15) is 57.4 Å². The highest BCUT2D eigenvalue weighted by Gasteiger charge is 2.13. The topological polar surface area (TPSA) is 25.2 Å². The third kappa shape index (κ3) is 3.24. The summed E-state index contributed by atoms with van der Waals surface area (Å²) in [6.45, 7) is 13.0. The Morgan fingerprint density at radius 1 is 1.15 bits per heavy atom. The first-order chi connectivity index (χ1) is 9.52. The van der Waals surface area contributed by atoms with Crippen molar-refractivity contribution in [2.24, 2.45) is 5.92 Å². The van der Waals surface area contributed by atoms with Crippen molar-refractivity contribution in [2.75, 3.05) is 6.54 Å². The number of nitrogens with one attached hydrogen (secondary N) is 1. The van der Waals surface area contributed by atoms with E-state index in [0.29, 0.717) is 11.8 Å². The molecule has 2 nitrogen and oxygen atoms in total. The van der Waals surface area contributed by atoms with E-state index in [1.807, 2.05) is 0 Å². The molecule has 1 aromatic heterocycles. The predicted molar refractivity (Wildman–Crippen MR) is 86.2 cm³/mol. The normalized spacial score (nSPS) is 11.9. The van der Waals surface area contributed by atoms with Crippen molar-refractivity contribution in [3.63, 3.8) is 0 Å². The Balaban J connectivity index is 2.31. The number of furan rings is 1. The molecule has 2 heteroatoms. The van der Waals surface area contributed by atoms with Crippen LogP contribution in [0.2, 0.25) is 0 Å². The molecule has 0 bridgehead atoms. The van der Waals surface area contributed by atoms with Crippen LogP contribution in [0.25, 0.3) is 11.0 Å². The van der Waals surface area contributed by atoms with Crippen molar-refractivity contribution >= 4 is 11.0 Å². The van der Waals surface area contributed by atoms with Gasteiger partial charge in [0.15, 0.2) is 0 Å². The number of benzene rings is 1. The lowest BCUT2D eigenvalue weighted by atomic mass is 9.99. The maximum Gasteiger partial charge on any atom is 0.134 e. The van der Waals surface area contributed by atoms with Gasteiger partial charge in [0.2, 0.25) is 0 Å². The molecule has 0 aliphatic heterocycles. The minimum Gasteiger partial charge on any atom is -0.459 e. The highest BCUT2D eigenvalue weighted by molar-refractivity contribution is 5.83. The summed E-state index contributed by atoms with van der Waals surface area (Å²) in [7, 11) is 0. The Bertz CT molecular complexity index is 566. The highest BCUT2D eigenvalue weighted by atomic mass is 16.3. The highest BCUT2D eigenvalue weighted by Crippen LogP contribution is 2.29. The lowest BCUT2D eigenvalue weighted by molar-refractivity contribution is 0.481. The van der Waals surface area contributed by atoms with Crippen LogP contribution >= 0.6 is 0 Å². The molecule has 0 radical (unpaired) electrons. The molecule has 0 saturated carbocycles. The maximum atomic E-state index is 6.04. The third-order valence-electron chi connectivity index (χ3n) is 3.76. The van der Waals surface area contributed by atoms with Gasteiger partial charge in [-0.05, 0) is 42.5 Å². The second kappa shape index (κ2) is 6.45. The van der Waals surface area contributed by atoms with Gasteiger partial charge in [0.25, 0.3) is 0 Å². The van der Waals surface area contributed by atoms with Crippen molar-refractivity contribution in [3.05, 3.63) is 35.1 Å². The molecule has 20 heavy (non-hydrogen) atoms. The third-order valence-corrected chi connectivity index (χ3v) is 3.76. The van der Waals surface area contributed by atoms with Gasteiger partial charge in [-0.25, -0.2) is 0 Å². The van der Waals surface area contributed by atoms with Crippen molar-refractivity contribution in [2.45, 2.75) is 53.5 Å². The molecule has 0 aliphatic rings. The minimum atomic E-state index is 0.557. The van der Waals surface area contributed by atoms with Gasteiger partial charge in [0.1, 0.15) is 11.3 Å². The smallest absolute Gasteiger partial charge is 0.134 e. The average molecular weight is 273 g/mol. The van der Waals surface area contributed by atoms with Crippen LogP contribution in [0, 0.1) is 5.92 Å². The van der Waals surface area contributed by atoms with Crippen LogP contribution in [-0.2, 0) is 13.0 Å². The Labute approximate surface area is 122 Å². The van der Waals surface area contributed by atoms with E-state index in [9.17, 15) is 0 Å². The van der Waals surface area contributed by atoms with Crippen molar-refractivity contribution < 1.29 is 4.42 Å². The van der Waals surface area contributed by atoms with Crippen LogP contribution in [0.3, 0.4) is 0 Å². The van der Waals surface area contributed by atoms with Crippen molar-refractivity contribution in [3.8, 4) is 0 Å². The summed E-state index contributed by atoms with van der Waals surface area (Å²) < 4.78 is 6.04. The standard InChI is InChI=1S/C18H27NO/c1-6-15-16-9-14(13(4)5)7-8-17(16)20-18(15)11-19-10-12(2)3/h7-9,12-13,19H,6,10-11H2,1-5H3. The molecule has 0 amide bonds. The van der Waals surface area contributed by atoms with E-state index in [4.69, 9.17) is 4.42 Å². The summed E-state index contributed by atoms with van der Waals surface area (Å²) >= 11 is 0. The van der Waals surface area contributed by atoms with Crippen LogP contribution < -0.4 is 5.32 Å². The largest absolute Gasteiger partial charge is 0.459 e. The minimum absolute atomic E-state index is 0.557. The molecular formula is C18H27NO. The van der Waals surface area contributed by atoms with Gasteiger partial charge < -0.3 is 9.73 Å². The fourth-order valence-corrected chi connectivity index (χ4v) is 2.58. The summed E-state index contributed by atoms with van der Waals surface area (Å²) in [4.78, 5) is 0. The van der Waals surface area contributed by atoms with Crippen LogP contribution in [0.15, 0.2) is 22.6 Å². The SMILES string of the molecule is CCc1c(CNCC(C)C)oc2ccc(C(C)C)cc12. The summed E-state index contributed by atoms with van der Waals surface area (Å²) in [6, 6.07) is 6.60. The Kier molecular flexibility index (Phi) is 4.87. The molecule has 1 heterocycles. The number of aryl methyl sites for hydroxylation is 1. The Morgan fingerprint density at radius 3 is 2.50 bits per heavy atom. The lowest BCUT2D eigenvalue weighted by Gasteiger charge is -2.06. The molecule has 1 N–H and O–H groups in total. The van der Waals surface area contributed by atoms with E-state index < -0.39 is 0 Å². The zero-order valence-electron chi connectivity index (χ0n) is 13.4. The molecular weight excluding hydrogens is 246 g/mol. The van der Waals surface area contributed by atoms with Crippen LogP contribution in [0.4, 0.5) is 0 Å². The molecule has 2 rings (SSSR count). The maximum absolute atomic E-state index is 6.04. The first-order valence-corrected chi connectivity index (χ1v) is 7.77. The second-order valence-electron chi connectivity index (χ2n) is 6.29. The molecule has 1 aromatic carbocycles. The van der Waals surface area contributed by atoms with Gasteiger partial charge >= 0.3 is 0 Å². The van der Waals surface area contributed by atoms with Crippen LogP contribution in [-0.4, -0.2) is 6.54 Å². The lowest BCUT2D eigenvalue weighted by Crippen LogP contribution is -2.19. The fraction of sp³-hybridized carbons (Fsp3) is 0.556. The first-order valence-electron chi connectivity index (χ1n) is 7.77. The number of hydrogen-bond donors (Lipinski definition) is 1. The quantitative estimate of drug-likeness (QED) is 0.812. The van der Waals surface area contributed by atoms with E-state index in [2.05, 4.69) is 58.1 Å². The van der Waals surface area contributed by atoms with Crippen molar-refractivity contribution in [1.29, 1.82) is 0 Å². The molecule has 0 spiro atoms. The summed E-state index contributed by atoms with van der Waals surface area (Å²) in [6.07, 6.45) is 1.02. The van der Waals surface area contributed by atoms with Gasteiger partial charge in [-0.2, -0.15) is 0 Å². The molecule has 0 unspecified atom stereocenters. The van der Waals surface area contributed by atoms with Gasteiger partial charge in [-0.15, -0.1) is 0 Å². The summed E-state index contributed by atoms with van der Waals surface area (Å²) in [5, 5.41) is 4.77. The summed E-state index contributed by atoms with van der Waals surface area (Å²) in [5.41, 5.74) is 3.76. The molecule has 2 aromatic rings. The van der Waals surface area contributed by atoms with Gasteiger partial charge in [0, 0.05) is 10.9 Å². The Hall–Kier alpha value is -1.28. The summed E-state index contributed by atoms with van der Waals surface area (Å²) in [5.74, 6) is 2.32. The molecule has 110 valence electrons. The second-order valence-corrected chi connectivity index (χ2v) is 6.29. The van der Waals surface area contributed by atoms with Gasteiger partial charge in [0.05, 0.1) is 6.54 Å². The van der Waals surface area contributed by atoms with Gasteiger partial charge in [-0.3, -0.25) is 0 Å². The molecule has 0 atom stereocenters. The number of rotatable bonds is 6. The van der Waals surface area contributed by atoms with E-state index in [1.54, 1.807) is 0 Å². The molecule has 0 fully saturated rings. The number of hydrogen-bond acceptors (Lipinski definition) is 2. The van der Waals surface area contributed by atoms with Crippen molar-refractivity contribution in [1.82, 2.24) is 5.32 Å². The predicted octanol–water partition coefficient (Wildman–Crippen LogP) is 4.86. The average Bonchev–Trinajstić information content (AvgIpc) is 2.74. The number of fused-ring (bicyclic) bond motifs is 1.